The minimum Gasteiger partial charge on any atom is -0.370 e. The lowest BCUT2D eigenvalue weighted by Crippen LogP contribution is -2.27. The average Bonchev–Trinajstić information content (AvgIpc) is 2.99. The SMILES string of the molecule is CCCS(=O)(=O)c1ccccc1N1C[C@H]2CNC[C@H]2C1. The van der Waals surface area contributed by atoms with Crippen LogP contribution < -0.4 is 10.2 Å². The summed E-state index contributed by atoms with van der Waals surface area (Å²) < 4.78 is 24.8. The molecule has 2 heterocycles. The van der Waals surface area contributed by atoms with Gasteiger partial charge in [-0.15, -0.1) is 0 Å². The molecule has 2 aliphatic rings. The highest BCUT2D eigenvalue weighted by Crippen LogP contribution is 2.34. The third-order valence-electron chi connectivity index (χ3n) is 4.40. The lowest BCUT2D eigenvalue weighted by Gasteiger charge is -2.22. The molecule has 2 aliphatic heterocycles. The Morgan fingerprint density at radius 1 is 1.20 bits per heavy atom. The summed E-state index contributed by atoms with van der Waals surface area (Å²) in [6.07, 6.45) is 0.659. The highest BCUT2D eigenvalue weighted by molar-refractivity contribution is 7.91. The zero-order valence-corrected chi connectivity index (χ0v) is 12.7. The fourth-order valence-corrected chi connectivity index (χ4v) is 4.97. The lowest BCUT2D eigenvalue weighted by molar-refractivity contribution is 0.533. The standard InChI is InChI=1S/C15H22N2O2S/c1-2-7-20(18,19)15-6-4-3-5-14(15)17-10-12-8-16-9-13(12)11-17/h3-6,12-13,16H,2,7-11H2,1H3/t12-,13+. The number of para-hydroxylation sites is 1. The first-order chi connectivity index (χ1) is 9.62. The molecule has 0 unspecified atom stereocenters. The van der Waals surface area contributed by atoms with Crippen molar-refractivity contribution in [2.24, 2.45) is 11.8 Å². The number of hydrogen-bond acceptors (Lipinski definition) is 4. The number of nitrogens with one attached hydrogen (secondary N) is 1. The summed E-state index contributed by atoms with van der Waals surface area (Å²) in [6, 6.07) is 7.47. The highest BCUT2D eigenvalue weighted by atomic mass is 32.2. The van der Waals surface area contributed by atoms with Crippen LogP contribution >= 0.6 is 0 Å². The molecule has 1 aromatic carbocycles. The van der Waals surface area contributed by atoms with Gasteiger partial charge in [0.05, 0.1) is 16.3 Å². The van der Waals surface area contributed by atoms with E-state index in [1.165, 1.54) is 0 Å². The van der Waals surface area contributed by atoms with E-state index in [2.05, 4.69) is 10.2 Å². The van der Waals surface area contributed by atoms with Gasteiger partial charge in [-0.1, -0.05) is 19.1 Å². The van der Waals surface area contributed by atoms with Crippen molar-refractivity contribution in [2.45, 2.75) is 18.2 Å². The third-order valence-corrected chi connectivity index (χ3v) is 6.36. The summed E-state index contributed by atoms with van der Waals surface area (Å²) in [6.45, 7) is 5.97. The highest BCUT2D eigenvalue weighted by Gasteiger charge is 2.37. The molecular formula is C15H22N2O2S. The van der Waals surface area contributed by atoms with Gasteiger partial charge in [0.25, 0.3) is 0 Å². The average molecular weight is 294 g/mol. The number of hydrogen-bond donors (Lipinski definition) is 1. The number of benzene rings is 1. The van der Waals surface area contributed by atoms with Gasteiger partial charge in [0, 0.05) is 26.2 Å². The summed E-state index contributed by atoms with van der Waals surface area (Å²) >= 11 is 0. The van der Waals surface area contributed by atoms with Crippen LogP contribution in [-0.2, 0) is 9.84 Å². The monoisotopic (exact) mass is 294 g/mol. The summed E-state index contributed by atoms with van der Waals surface area (Å²) in [7, 11) is -3.16. The van der Waals surface area contributed by atoms with Gasteiger partial charge in [0.15, 0.2) is 9.84 Å². The van der Waals surface area contributed by atoms with Crippen molar-refractivity contribution >= 4 is 15.5 Å². The van der Waals surface area contributed by atoms with Gasteiger partial charge in [-0.3, -0.25) is 0 Å². The molecule has 0 radical (unpaired) electrons. The van der Waals surface area contributed by atoms with Crippen molar-refractivity contribution in [1.82, 2.24) is 5.32 Å². The molecule has 3 rings (SSSR count). The summed E-state index contributed by atoms with van der Waals surface area (Å²) in [4.78, 5) is 2.77. The van der Waals surface area contributed by atoms with E-state index in [0.29, 0.717) is 23.2 Å². The molecule has 0 bridgehead atoms. The largest absolute Gasteiger partial charge is 0.370 e. The van der Waals surface area contributed by atoms with Crippen LogP contribution in [0.2, 0.25) is 0 Å². The minimum atomic E-state index is -3.16. The second-order valence-electron chi connectivity index (χ2n) is 5.87. The Morgan fingerprint density at radius 3 is 2.50 bits per heavy atom. The molecule has 2 saturated heterocycles. The van der Waals surface area contributed by atoms with E-state index < -0.39 is 9.84 Å². The van der Waals surface area contributed by atoms with Crippen LogP contribution in [0.15, 0.2) is 29.2 Å². The Balaban J connectivity index is 1.91. The van der Waals surface area contributed by atoms with E-state index in [1.807, 2.05) is 25.1 Å². The normalized spacial score (nSPS) is 25.9. The molecule has 2 atom stereocenters. The number of nitrogens with zero attached hydrogens (tertiary/aromatic N) is 1. The molecule has 0 amide bonds. The van der Waals surface area contributed by atoms with Gasteiger partial charge in [-0.05, 0) is 30.4 Å². The van der Waals surface area contributed by atoms with E-state index in [-0.39, 0.29) is 5.75 Å². The van der Waals surface area contributed by atoms with Gasteiger partial charge in [0.1, 0.15) is 0 Å². The van der Waals surface area contributed by atoms with Crippen LogP contribution in [0.25, 0.3) is 0 Å². The number of fused-ring (bicyclic) bond motifs is 1. The van der Waals surface area contributed by atoms with E-state index in [9.17, 15) is 8.42 Å². The Hall–Kier alpha value is -1.07. The van der Waals surface area contributed by atoms with E-state index >= 15 is 0 Å². The Morgan fingerprint density at radius 2 is 1.85 bits per heavy atom. The Labute approximate surface area is 121 Å². The van der Waals surface area contributed by atoms with Gasteiger partial charge >= 0.3 is 0 Å². The fraction of sp³-hybridized carbons (Fsp3) is 0.600. The molecule has 0 spiro atoms. The molecule has 1 N–H and O–H groups in total. The maximum Gasteiger partial charge on any atom is 0.180 e. The number of sulfone groups is 1. The third kappa shape index (κ3) is 2.44. The first-order valence-corrected chi connectivity index (χ1v) is 9.04. The van der Waals surface area contributed by atoms with Crippen molar-refractivity contribution in [2.75, 3.05) is 36.8 Å². The first kappa shape index (κ1) is 13.9. The molecule has 2 fully saturated rings. The Bertz CT molecular complexity index is 573. The predicted molar refractivity (Wildman–Crippen MR) is 80.8 cm³/mol. The summed E-state index contributed by atoms with van der Waals surface area (Å²) in [5, 5.41) is 3.42. The van der Waals surface area contributed by atoms with E-state index in [4.69, 9.17) is 0 Å². The van der Waals surface area contributed by atoms with Crippen LogP contribution in [0.1, 0.15) is 13.3 Å². The maximum atomic E-state index is 12.4. The predicted octanol–water partition coefficient (Wildman–Crippen LogP) is 1.53. The summed E-state index contributed by atoms with van der Waals surface area (Å²) in [5.41, 5.74) is 0.898. The molecule has 0 saturated carbocycles. The maximum absolute atomic E-state index is 12.4. The zero-order chi connectivity index (χ0) is 14.2. The first-order valence-electron chi connectivity index (χ1n) is 7.39. The van der Waals surface area contributed by atoms with E-state index in [1.54, 1.807) is 6.07 Å². The second-order valence-corrected chi connectivity index (χ2v) is 7.95. The van der Waals surface area contributed by atoms with Crippen molar-refractivity contribution in [1.29, 1.82) is 0 Å². The molecule has 0 aromatic heterocycles. The summed E-state index contributed by atoms with van der Waals surface area (Å²) in [5.74, 6) is 1.56. The van der Waals surface area contributed by atoms with Gasteiger partial charge in [-0.25, -0.2) is 8.42 Å². The molecule has 1 aromatic rings. The van der Waals surface area contributed by atoms with Gasteiger partial charge < -0.3 is 10.2 Å². The fourth-order valence-electron chi connectivity index (χ4n) is 3.41. The Kier molecular flexibility index (Phi) is 3.73. The quantitative estimate of drug-likeness (QED) is 0.915. The second kappa shape index (κ2) is 5.37. The van der Waals surface area contributed by atoms with Gasteiger partial charge in [0.2, 0.25) is 0 Å². The zero-order valence-electron chi connectivity index (χ0n) is 11.9. The number of anilines is 1. The lowest BCUT2D eigenvalue weighted by atomic mass is 10.0. The molecule has 110 valence electrons. The molecule has 5 heteroatoms. The minimum absolute atomic E-state index is 0.228. The van der Waals surface area contributed by atoms with Crippen LogP contribution in [0.4, 0.5) is 5.69 Å². The van der Waals surface area contributed by atoms with E-state index in [0.717, 1.165) is 31.9 Å². The van der Waals surface area contributed by atoms with Crippen LogP contribution in [-0.4, -0.2) is 40.3 Å². The van der Waals surface area contributed by atoms with Crippen molar-refractivity contribution in [3.8, 4) is 0 Å². The topological polar surface area (TPSA) is 49.4 Å². The van der Waals surface area contributed by atoms with Crippen LogP contribution in [0.5, 0.6) is 0 Å². The van der Waals surface area contributed by atoms with Crippen LogP contribution in [0, 0.1) is 11.8 Å². The molecule has 20 heavy (non-hydrogen) atoms. The van der Waals surface area contributed by atoms with Crippen molar-refractivity contribution in [3.05, 3.63) is 24.3 Å². The smallest absolute Gasteiger partial charge is 0.180 e. The van der Waals surface area contributed by atoms with Crippen molar-refractivity contribution < 1.29 is 8.42 Å². The number of rotatable bonds is 4. The van der Waals surface area contributed by atoms with Gasteiger partial charge in [-0.2, -0.15) is 0 Å². The van der Waals surface area contributed by atoms with Crippen LogP contribution in [0.3, 0.4) is 0 Å². The molecule has 4 nitrogen and oxygen atoms in total. The molecule has 0 aliphatic carbocycles. The molecular weight excluding hydrogens is 272 g/mol. The van der Waals surface area contributed by atoms with Crippen molar-refractivity contribution in [3.63, 3.8) is 0 Å².